The van der Waals surface area contributed by atoms with Crippen LogP contribution in [-0.4, -0.2) is 36.7 Å². The molecular formula is C18H23N3O3S2. The Morgan fingerprint density at radius 2 is 1.92 bits per heavy atom. The van der Waals surface area contributed by atoms with Crippen molar-refractivity contribution in [1.29, 1.82) is 0 Å². The number of aryl methyl sites for hydroxylation is 2. The third-order valence-electron chi connectivity index (χ3n) is 4.40. The number of hydrogen-bond donors (Lipinski definition) is 1. The molecule has 1 fully saturated rings. The van der Waals surface area contributed by atoms with Crippen molar-refractivity contribution in [3.8, 4) is 0 Å². The molecule has 1 amide bonds. The molecule has 1 aliphatic heterocycles. The van der Waals surface area contributed by atoms with Crippen molar-refractivity contribution in [2.45, 2.75) is 44.0 Å². The summed E-state index contributed by atoms with van der Waals surface area (Å²) in [6.45, 7) is 3.57. The first-order chi connectivity index (χ1) is 12.4. The van der Waals surface area contributed by atoms with E-state index in [1.165, 1.54) is 4.31 Å². The van der Waals surface area contributed by atoms with Crippen LogP contribution in [0.15, 0.2) is 34.5 Å². The average Bonchev–Trinajstić information content (AvgIpc) is 3.30. The van der Waals surface area contributed by atoms with Crippen molar-refractivity contribution in [3.63, 3.8) is 0 Å². The van der Waals surface area contributed by atoms with Crippen LogP contribution < -0.4 is 5.32 Å². The Bertz CT molecular complexity index is 854. The summed E-state index contributed by atoms with van der Waals surface area (Å²) in [4.78, 5) is 16.6. The van der Waals surface area contributed by atoms with Gasteiger partial charge < -0.3 is 5.32 Å². The van der Waals surface area contributed by atoms with Crippen molar-refractivity contribution < 1.29 is 13.2 Å². The maximum Gasteiger partial charge on any atom is 0.243 e. The normalized spacial score (nSPS) is 15.3. The summed E-state index contributed by atoms with van der Waals surface area (Å²) in [5.74, 6) is -0.0376. The van der Waals surface area contributed by atoms with Gasteiger partial charge in [0.25, 0.3) is 0 Å². The molecule has 1 saturated heterocycles. The van der Waals surface area contributed by atoms with Crippen LogP contribution >= 0.6 is 11.3 Å². The molecule has 3 rings (SSSR count). The number of carbonyl (C=O) groups is 1. The summed E-state index contributed by atoms with van der Waals surface area (Å²) >= 11 is 1.56. The smallest absolute Gasteiger partial charge is 0.243 e. The quantitative estimate of drug-likeness (QED) is 0.784. The highest BCUT2D eigenvalue weighted by molar-refractivity contribution is 7.89. The molecule has 0 radical (unpaired) electrons. The zero-order valence-corrected chi connectivity index (χ0v) is 16.4. The lowest BCUT2D eigenvalue weighted by atomic mass is 10.1. The van der Waals surface area contributed by atoms with E-state index in [4.69, 9.17) is 0 Å². The molecule has 2 heterocycles. The fourth-order valence-corrected chi connectivity index (χ4v) is 5.06. The molecule has 0 saturated carbocycles. The minimum Gasteiger partial charge on any atom is -0.350 e. The van der Waals surface area contributed by atoms with Crippen molar-refractivity contribution in [3.05, 3.63) is 45.9 Å². The largest absolute Gasteiger partial charge is 0.350 e. The van der Waals surface area contributed by atoms with Crippen molar-refractivity contribution in [1.82, 2.24) is 14.6 Å². The minimum absolute atomic E-state index is 0.0376. The average molecular weight is 394 g/mol. The molecular weight excluding hydrogens is 370 g/mol. The molecule has 8 heteroatoms. The maximum absolute atomic E-state index is 12.5. The number of benzene rings is 1. The number of amides is 1. The highest BCUT2D eigenvalue weighted by atomic mass is 32.2. The van der Waals surface area contributed by atoms with Gasteiger partial charge in [-0.2, -0.15) is 4.31 Å². The van der Waals surface area contributed by atoms with Crippen LogP contribution in [0.3, 0.4) is 0 Å². The second-order valence-electron chi connectivity index (χ2n) is 6.39. The number of nitrogens with zero attached hydrogens (tertiary/aromatic N) is 2. The van der Waals surface area contributed by atoms with Gasteiger partial charge in [0.2, 0.25) is 15.9 Å². The Kier molecular flexibility index (Phi) is 6.05. The van der Waals surface area contributed by atoms with Crippen molar-refractivity contribution in [2.24, 2.45) is 0 Å². The van der Waals surface area contributed by atoms with E-state index < -0.39 is 10.0 Å². The molecule has 1 aliphatic rings. The van der Waals surface area contributed by atoms with Gasteiger partial charge in [-0.25, -0.2) is 13.4 Å². The first-order valence-corrected chi connectivity index (χ1v) is 11.0. The number of thiazole rings is 1. The summed E-state index contributed by atoms with van der Waals surface area (Å²) in [7, 11) is -3.38. The van der Waals surface area contributed by atoms with Gasteiger partial charge in [0.05, 0.1) is 22.1 Å². The third-order valence-corrected chi connectivity index (χ3v) is 7.14. The Hall–Kier alpha value is -1.77. The number of carbonyl (C=O) groups excluding carboxylic acids is 1. The highest BCUT2D eigenvalue weighted by Gasteiger charge is 2.26. The number of aromatic nitrogens is 1. The second-order valence-corrected chi connectivity index (χ2v) is 9.39. The maximum atomic E-state index is 12.5. The molecule has 0 spiro atoms. The van der Waals surface area contributed by atoms with Gasteiger partial charge in [-0.3, -0.25) is 4.79 Å². The Morgan fingerprint density at radius 3 is 2.54 bits per heavy atom. The van der Waals surface area contributed by atoms with E-state index in [9.17, 15) is 13.2 Å². The lowest BCUT2D eigenvalue weighted by molar-refractivity contribution is -0.121. The summed E-state index contributed by atoms with van der Waals surface area (Å²) in [6.07, 6.45) is 2.78. The molecule has 140 valence electrons. The standard InChI is InChI=1S/C18H23N3O3S2/c1-14-20-16(13-25-14)12-19-18(22)9-6-15-4-7-17(8-5-15)26(23,24)21-10-2-3-11-21/h4-5,7-8,13H,2-3,6,9-12H2,1H3,(H,19,22). The SMILES string of the molecule is Cc1nc(CNC(=O)CCc2ccc(S(=O)(=O)N3CCCC3)cc2)cs1. The molecule has 0 atom stereocenters. The second kappa shape index (κ2) is 8.28. The van der Waals surface area contributed by atoms with Gasteiger partial charge >= 0.3 is 0 Å². The van der Waals surface area contributed by atoms with E-state index in [2.05, 4.69) is 10.3 Å². The van der Waals surface area contributed by atoms with Crippen LogP contribution in [0.5, 0.6) is 0 Å². The van der Waals surface area contributed by atoms with E-state index in [0.29, 0.717) is 37.4 Å². The van der Waals surface area contributed by atoms with Gasteiger partial charge in [-0.05, 0) is 43.9 Å². The molecule has 0 bridgehead atoms. The number of nitrogens with one attached hydrogen (secondary N) is 1. The van der Waals surface area contributed by atoms with E-state index >= 15 is 0 Å². The van der Waals surface area contributed by atoms with Crippen molar-refractivity contribution >= 4 is 27.3 Å². The molecule has 1 aromatic carbocycles. The Labute approximate surface area is 158 Å². The molecule has 0 aliphatic carbocycles. The lowest BCUT2D eigenvalue weighted by Crippen LogP contribution is -2.27. The summed E-state index contributed by atoms with van der Waals surface area (Å²) in [5, 5.41) is 5.78. The number of rotatable bonds is 7. The topological polar surface area (TPSA) is 79.4 Å². The first-order valence-electron chi connectivity index (χ1n) is 8.72. The summed E-state index contributed by atoms with van der Waals surface area (Å²) in [5.41, 5.74) is 1.82. The minimum atomic E-state index is -3.38. The molecule has 1 aromatic heterocycles. The number of hydrogen-bond acceptors (Lipinski definition) is 5. The molecule has 1 N–H and O–H groups in total. The molecule has 0 unspecified atom stereocenters. The van der Waals surface area contributed by atoms with Gasteiger partial charge in [0.1, 0.15) is 0 Å². The fourth-order valence-electron chi connectivity index (χ4n) is 2.93. The van der Waals surface area contributed by atoms with Gasteiger partial charge in [0, 0.05) is 24.9 Å². The van der Waals surface area contributed by atoms with E-state index in [-0.39, 0.29) is 5.91 Å². The van der Waals surface area contributed by atoms with Gasteiger partial charge in [-0.15, -0.1) is 11.3 Å². The van der Waals surface area contributed by atoms with Crippen LogP contribution in [-0.2, 0) is 27.8 Å². The number of sulfonamides is 1. The predicted molar refractivity (Wildman–Crippen MR) is 101 cm³/mol. The summed E-state index contributed by atoms with van der Waals surface area (Å²) < 4.78 is 26.5. The van der Waals surface area contributed by atoms with E-state index in [1.807, 2.05) is 12.3 Å². The molecule has 26 heavy (non-hydrogen) atoms. The zero-order chi connectivity index (χ0) is 18.6. The fraction of sp³-hybridized carbons (Fsp3) is 0.444. The van der Waals surface area contributed by atoms with Crippen LogP contribution in [0.25, 0.3) is 0 Å². The predicted octanol–water partition coefficient (Wildman–Crippen LogP) is 2.49. The van der Waals surface area contributed by atoms with Crippen LogP contribution in [0.4, 0.5) is 0 Å². The van der Waals surface area contributed by atoms with E-state index in [1.54, 1.807) is 35.6 Å². The summed E-state index contributed by atoms with van der Waals surface area (Å²) in [6, 6.07) is 6.86. The third kappa shape index (κ3) is 4.69. The van der Waals surface area contributed by atoms with Crippen LogP contribution in [0, 0.1) is 6.92 Å². The van der Waals surface area contributed by atoms with Crippen LogP contribution in [0.2, 0.25) is 0 Å². The van der Waals surface area contributed by atoms with Gasteiger partial charge in [0.15, 0.2) is 0 Å². The monoisotopic (exact) mass is 393 g/mol. The Balaban J connectivity index is 1.50. The molecule has 6 nitrogen and oxygen atoms in total. The first kappa shape index (κ1) is 19.0. The highest BCUT2D eigenvalue weighted by Crippen LogP contribution is 2.21. The lowest BCUT2D eigenvalue weighted by Gasteiger charge is -2.15. The molecule has 2 aromatic rings. The Morgan fingerprint density at radius 1 is 1.23 bits per heavy atom. The van der Waals surface area contributed by atoms with Crippen molar-refractivity contribution in [2.75, 3.05) is 13.1 Å². The zero-order valence-electron chi connectivity index (χ0n) is 14.8. The van der Waals surface area contributed by atoms with Gasteiger partial charge in [-0.1, -0.05) is 12.1 Å². The van der Waals surface area contributed by atoms with E-state index in [0.717, 1.165) is 29.1 Å². The van der Waals surface area contributed by atoms with Crippen LogP contribution in [0.1, 0.15) is 35.5 Å².